The summed E-state index contributed by atoms with van der Waals surface area (Å²) in [5.41, 5.74) is 1.05. The second-order valence-corrected chi connectivity index (χ2v) is 7.50. The molecule has 150 valence electrons. The minimum Gasteiger partial charge on any atom is -0.497 e. The molecule has 0 aromatic heterocycles. The molecule has 0 N–H and O–H groups in total. The molecular formula is C23H24N2O4. The van der Waals surface area contributed by atoms with Gasteiger partial charge in [-0.3, -0.25) is 14.4 Å². The van der Waals surface area contributed by atoms with Crippen molar-refractivity contribution in [1.29, 1.82) is 0 Å². The van der Waals surface area contributed by atoms with Gasteiger partial charge in [0.05, 0.1) is 19.2 Å². The topological polar surface area (TPSA) is 66.9 Å². The quantitative estimate of drug-likeness (QED) is 0.732. The van der Waals surface area contributed by atoms with E-state index in [1.54, 1.807) is 60.5 Å². The van der Waals surface area contributed by atoms with Gasteiger partial charge in [0, 0.05) is 11.6 Å². The smallest absolute Gasteiger partial charge is 0.257 e. The number of hydrogen-bond donors (Lipinski definition) is 0. The third-order valence-corrected chi connectivity index (χ3v) is 5.76. The number of rotatable bonds is 5. The van der Waals surface area contributed by atoms with Crippen molar-refractivity contribution in [1.82, 2.24) is 4.90 Å². The van der Waals surface area contributed by atoms with Gasteiger partial charge in [-0.05, 0) is 49.2 Å². The van der Waals surface area contributed by atoms with Crippen LogP contribution in [0.4, 0.5) is 5.69 Å². The maximum atomic E-state index is 13.4. The van der Waals surface area contributed by atoms with Crippen LogP contribution in [0.2, 0.25) is 0 Å². The van der Waals surface area contributed by atoms with E-state index in [1.165, 1.54) is 4.90 Å². The molecule has 4 rings (SSSR count). The van der Waals surface area contributed by atoms with Crippen molar-refractivity contribution in [2.75, 3.05) is 12.0 Å². The zero-order valence-corrected chi connectivity index (χ0v) is 16.4. The molecule has 0 bridgehead atoms. The molecule has 1 saturated heterocycles. The summed E-state index contributed by atoms with van der Waals surface area (Å²) in [6, 6.07) is 15.0. The molecule has 1 aliphatic heterocycles. The van der Waals surface area contributed by atoms with Gasteiger partial charge in [-0.25, -0.2) is 4.90 Å². The number of nitrogens with zero attached hydrogens (tertiary/aromatic N) is 2. The first-order valence-electron chi connectivity index (χ1n) is 9.98. The van der Waals surface area contributed by atoms with E-state index in [0.717, 1.165) is 25.7 Å². The third kappa shape index (κ3) is 3.62. The minimum absolute atomic E-state index is 0.0200. The lowest BCUT2D eigenvalue weighted by Gasteiger charge is -2.33. The molecule has 29 heavy (non-hydrogen) atoms. The first-order valence-corrected chi connectivity index (χ1v) is 9.98. The predicted molar refractivity (Wildman–Crippen MR) is 109 cm³/mol. The predicted octanol–water partition coefficient (Wildman–Crippen LogP) is 3.41. The first kappa shape index (κ1) is 19.2. The largest absolute Gasteiger partial charge is 0.497 e. The Morgan fingerprint density at radius 2 is 1.66 bits per heavy atom. The zero-order chi connectivity index (χ0) is 20.4. The van der Waals surface area contributed by atoms with Gasteiger partial charge in [-0.15, -0.1) is 0 Å². The van der Waals surface area contributed by atoms with Crippen LogP contribution in [0.3, 0.4) is 0 Å². The van der Waals surface area contributed by atoms with Gasteiger partial charge in [-0.1, -0.05) is 31.0 Å². The van der Waals surface area contributed by atoms with Crippen LogP contribution < -0.4 is 9.64 Å². The van der Waals surface area contributed by atoms with E-state index in [2.05, 4.69) is 0 Å². The minimum atomic E-state index is -0.764. The number of benzene rings is 2. The average Bonchev–Trinajstić information content (AvgIpc) is 3.37. The molecule has 0 spiro atoms. The molecule has 1 heterocycles. The Morgan fingerprint density at radius 1 is 1.00 bits per heavy atom. The van der Waals surface area contributed by atoms with Crippen molar-refractivity contribution >= 4 is 23.4 Å². The molecule has 3 amide bonds. The number of hydrogen-bond acceptors (Lipinski definition) is 4. The monoisotopic (exact) mass is 392 g/mol. The third-order valence-electron chi connectivity index (χ3n) is 5.76. The summed E-state index contributed by atoms with van der Waals surface area (Å²) in [5.74, 6) is -0.136. The maximum Gasteiger partial charge on any atom is 0.257 e. The van der Waals surface area contributed by atoms with Gasteiger partial charge in [0.25, 0.3) is 11.8 Å². The van der Waals surface area contributed by atoms with E-state index in [0.29, 0.717) is 17.0 Å². The highest BCUT2D eigenvalue weighted by atomic mass is 16.5. The summed E-state index contributed by atoms with van der Waals surface area (Å²) < 4.78 is 5.17. The van der Waals surface area contributed by atoms with Crippen LogP contribution in [0.5, 0.6) is 5.75 Å². The average molecular weight is 392 g/mol. The highest BCUT2D eigenvalue weighted by Crippen LogP contribution is 2.32. The molecule has 1 atom stereocenters. The lowest BCUT2D eigenvalue weighted by Crippen LogP contribution is -2.50. The van der Waals surface area contributed by atoms with Crippen LogP contribution in [0.25, 0.3) is 0 Å². The molecule has 6 nitrogen and oxygen atoms in total. The SMILES string of the molecule is COc1ccc(C(=O)N(C2CCCC2)C2CC(=O)N(c3ccccc3)C2=O)cc1. The van der Waals surface area contributed by atoms with Crippen molar-refractivity contribution < 1.29 is 19.1 Å². The molecular weight excluding hydrogens is 368 g/mol. The number of para-hydroxylation sites is 1. The Bertz CT molecular complexity index is 904. The Balaban J connectivity index is 1.65. The number of carbonyl (C=O) groups excluding carboxylic acids is 3. The van der Waals surface area contributed by atoms with Crippen molar-refractivity contribution in [3.63, 3.8) is 0 Å². The van der Waals surface area contributed by atoms with Crippen molar-refractivity contribution in [3.8, 4) is 5.75 Å². The Kier molecular flexibility index (Phi) is 5.34. The van der Waals surface area contributed by atoms with E-state index < -0.39 is 6.04 Å². The highest BCUT2D eigenvalue weighted by Gasteiger charge is 2.46. The van der Waals surface area contributed by atoms with Crippen LogP contribution in [0.1, 0.15) is 42.5 Å². The molecule has 0 radical (unpaired) electrons. The number of ether oxygens (including phenoxy) is 1. The number of methoxy groups -OCH3 is 1. The zero-order valence-electron chi connectivity index (χ0n) is 16.4. The van der Waals surface area contributed by atoms with E-state index in [1.807, 2.05) is 6.07 Å². The molecule has 2 aromatic carbocycles. The molecule has 1 unspecified atom stereocenters. The fourth-order valence-electron chi connectivity index (χ4n) is 4.31. The van der Waals surface area contributed by atoms with Crippen molar-refractivity contribution in [2.45, 2.75) is 44.2 Å². The van der Waals surface area contributed by atoms with Gasteiger partial charge >= 0.3 is 0 Å². The summed E-state index contributed by atoms with van der Waals surface area (Å²) in [6.07, 6.45) is 3.77. The van der Waals surface area contributed by atoms with Crippen LogP contribution in [-0.4, -0.2) is 41.8 Å². The lowest BCUT2D eigenvalue weighted by atomic mass is 10.1. The normalized spacial score (nSPS) is 19.6. The molecule has 1 saturated carbocycles. The lowest BCUT2D eigenvalue weighted by molar-refractivity contribution is -0.123. The number of anilines is 1. The van der Waals surface area contributed by atoms with Gasteiger partial charge in [0.1, 0.15) is 11.8 Å². The second kappa shape index (κ2) is 8.07. The molecule has 2 aromatic rings. The Morgan fingerprint density at radius 3 is 2.28 bits per heavy atom. The number of imide groups is 1. The van der Waals surface area contributed by atoms with E-state index >= 15 is 0 Å². The highest BCUT2D eigenvalue weighted by molar-refractivity contribution is 6.23. The summed E-state index contributed by atoms with van der Waals surface area (Å²) in [4.78, 5) is 42.2. The molecule has 2 aliphatic rings. The fraction of sp³-hybridized carbons (Fsp3) is 0.348. The number of amides is 3. The van der Waals surface area contributed by atoms with E-state index in [-0.39, 0.29) is 30.2 Å². The van der Waals surface area contributed by atoms with E-state index in [4.69, 9.17) is 4.74 Å². The Labute approximate surface area is 170 Å². The summed E-state index contributed by atoms with van der Waals surface area (Å²) in [5, 5.41) is 0. The second-order valence-electron chi connectivity index (χ2n) is 7.50. The van der Waals surface area contributed by atoms with Crippen molar-refractivity contribution in [2.24, 2.45) is 0 Å². The Hall–Kier alpha value is -3.15. The van der Waals surface area contributed by atoms with Crippen LogP contribution in [-0.2, 0) is 9.59 Å². The summed E-state index contributed by atoms with van der Waals surface area (Å²) >= 11 is 0. The molecule has 2 fully saturated rings. The van der Waals surface area contributed by atoms with Crippen LogP contribution in [0, 0.1) is 0 Å². The molecule has 1 aliphatic carbocycles. The standard InChI is InChI=1S/C23H24N2O4/c1-29-19-13-11-16(12-14-19)22(27)24(17-9-5-6-10-17)20-15-21(26)25(23(20)28)18-7-3-2-4-8-18/h2-4,7-8,11-14,17,20H,5-6,9-10,15H2,1H3. The van der Waals surface area contributed by atoms with Gasteiger partial charge in [-0.2, -0.15) is 0 Å². The van der Waals surface area contributed by atoms with Gasteiger partial charge < -0.3 is 9.64 Å². The van der Waals surface area contributed by atoms with Crippen molar-refractivity contribution in [3.05, 3.63) is 60.2 Å². The fourth-order valence-corrected chi connectivity index (χ4v) is 4.31. The van der Waals surface area contributed by atoms with Gasteiger partial charge in [0.15, 0.2) is 0 Å². The van der Waals surface area contributed by atoms with Gasteiger partial charge in [0.2, 0.25) is 5.91 Å². The summed E-state index contributed by atoms with van der Waals surface area (Å²) in [7, 11) is 1.57. The summed E-state index contributed by atoms with van der Waals surface area (Å²) in [6.45, 7) is 0. The first-order chi connectivity index (χ1) is 14.1. The van der Waals surface area contributed by atoms with Crippen LogP contribution in [0.15, 0.2) is 54.6 Å². The maximum absolute atomic E-state index is 13.4. The number of carbonyl (C=O) groups is 3. The molecule has 6 heteroatoms. The van der Waals surface area contributed by atoms with E-state index in [9.17, 15) is 14.4 Å². The van der Waals surface area contributed by atoms with Crippen LogP contribution >= 0.6 is 0 Å².